The molecule has 4 saturated carbocycles. The van der Waals surface area contributed by atoms with E-state index in [2.05, 4.69) is 34.6 Å². The van der Waals surface area contributed by atoms with E-state index in [-0.39, 0.29) is 16.9 Å². The van der Waals surface area contributed by atoms with E-state index >= 15 is 0 Å². The number of rotatable bonds is 4. The maximum Gasteiger partial charge on any atom is 0.140 e. The summed E-state index contributed by atoms with van der Waals surface area (Å²) in [5.74, 6) is 4.48. The second-order valence-corrected chi connectivity index (χ2v) is 14.5. The maximum absolute atomic E-state index is 14.0. The van der Waals surface area contributed by atoms with Crippen molar-refractivity contribution in [2.75, 3.05) is 27.0 Å². The van der Waals surface area contributed by atoms with Gasteiger partial charge < -0.3 is 4.74 Å². The van der Waals surface area contributed by atoms with E-state index in [1.165, 1.54) is 44.2 Å². The van der Waals surface area contributed by atoms with Crippen LogP contribution in [0.2, 0.25) is 0 Å². The average Bonchev–Trinajstić information content (AvgIpc) is 3.26. The highest BCUT2D eigenvalue weighted by Crippen LogP contribution is 2.84. The van der Waals surface area contributed by atoms with E-state index in [0.29, 0.717) is 46.8 Å². The lowest BCUT2D eigenvalue weighted by molar-refractivity contribution is -0.148. The Balaban J connectivity index is 0.000000464. The number of hydrogen-bond donors (Lipinski definition) is 0. The fourth-order valence-electron chi connectivity index (χ4n) is 10.2. The fourth-order valence-corrected chi connectivity index (χ4v) is 10.2. The minimum Gasteiger partial charge on any atom is -0.377 e. The summed E-state index contributed by atoms with van der Waals surface area (Å²) < 4.78 is 8.36. The lowest BCUT2D eigenvalue weighted by atomic mass is 9.47. The van der Waals surface area contributed by atoms with Gasteiger partial charge in [0.2, 0.25) is 0 Å². The summed E-state index contributed by atoms with van der Waals surface area (Å²) in [6.45, 7) is 12.7. The molecule has 198 valence electrons. The van der Waals surface area contributed by atoms with Crippen molar-refractivity contribution in [1.82, 2.24) is 4.31 Å². The number of Topliss-reactive ketones (excluding diaryl/α,β-unsaturated/α-hetero) is 1. The molecule has 0 aromatic heterocycles. The van der Waals surface area contributed by atoms with Crippen LogP contribution in [0.25, 0.3) is 0 Å². The molecule has 11 unspecified atom stereocenters. The molecule has 5 fully saturated rings. The Bertz CT molecular complexity index is 874. The third-order valence-electron chi connectivity index (χ3n) is 12.1. The molecule has 35 heavy (non-hydrogen) atoms. The average molecular weight is 503 g/mol. The predicted molar refractivity (Wildman–Crippen MR) is 147 cm³/mol. The van der Waals surface area contributed by atoms with Gasteiger partial charge in [-0.2, -0.15) is 0 Å². The first-order valence-corrected chi connectivity index (χ1v) is 15.7. The standard InChI is InChI=1S/C27H41NO2.C3H9NS/c1-6-15(3)24-16(4)23-18-9-8-17-19-13-30-22(7-2)25(19,5)12-21(29)27(17)14-26(18,27)11-10-20(23)28-24;1-4(2)5-3/h15-20,22-23H,6-14H2,1-5H3;1-3H3. The quantitative estimate of drug-likeness (QED) is 0.410. The van der Waals surface area contributed by atoms with Gasteiger partial charge in [0.25, 0.3) is 0 Å². The minimum absolute atomic E-state index is 0.00982. The highest BCUT2D eigenvalue weighted by molar-refractivity contribution is 7.96. The monoisotopic (exact) mass is 502 g/mol. The van der Waals surface area contributed by atoms with Crippen LogP contribution in [0.1, 0.15) is 86.0 Å². The number of nitrogens with zero attached hydrogens (tertiary/aromatic N) is 2. The molecule has 1 saturated heterocycles. The first kappa shape index (κ1) is 26.2. The molecule has 0 radical (unpaired) electrons. The first-order chi connectivity index (χ1) is 16.6. The van der Waals surface area contributed by atoms with Gasteiger partial charge in [-0.05, 0) is 106 Å². The number of hydrogen-bond acceptors (Lipinski definition) is 5. The normalized spacial score (nSPS) is 50.1. The summed E-state index contributed by atoms with van der Waals surface area (Å²) in [4.78, 5) is 19.3. The van der Waals surface area contributed by atoms with Crippen LogP contribution in [0.3, 0.4) is 0 Å². The van der Waals surface area contributed by atoms with Crippen LogP contribution in [-0.2, 0) is 9.53 Å². The molecule has 0 bridgehead atoms. The van der Waals surface area contributed by atoms with E-state index in [9.17, 15) is 4.79 Å². The molecule has 6 rings (SSSR count). The van der Waals surface area contributed by atoms with Gasteiger partial charge in [-0.1, -0.05) is 46.6 Å². The van der Waals surface area contributed by atoms with E-state index in [1.54, 1.807) is 11.9 Å². The Morgan fingerprint density at radius 2 is 1.86 bits per heavy atom. The summed E-state index contributed by atoms with van der Waals surface area (Å²) in [6.07, 6.45) is 11.6. The molecule has 2 aliphatic heterocycles. The molecule has 0 aromatic carbocycles. The zero-order chi connectivity index (χ0) is 25.3. The van der Waals surface area contributed by atoms with Gasteiger partial charge in [0, 0.05) is 23.0 Å². The Morgan fingerprint density at radius 3 is 2.49 bits per heavy atom. The summed E-state index contributed by atoms with van der Waals surface area (Å²) in [5.41, 5.74) is 1.91. The zero-order valence-electron chi connectivity index (χ0n) is 23.6. The molecule has 0 amide bonds. The van der Waals surface area contributed by atoms with E-state index in [0.717, 1.165) is 25.4 Å². The third-order valence-corrected chi connectivity index (χ3v) is 12.8. The van der Waals surface area contributed by atoms with Crippen molar-refractivity contribution in [3.8, 4) is 0 Å². The molecular formula is C30H50N2O2S. The van der Waals surface area contributed by atoms with Crippen LogP contribution in [-0.4, -0.2) is 54.9 Å². The topological polar surface area (TPSA) is 41.9 Å². The van der Waals surface area contributed by atoms with E-state index in [1.807, 2.05) is 24.7 Å². The summed E-state index contributed by atoms with van der Waals surface area (Å²) in [5, 5.41) is 0. The lowest BCUT2D eigenvalue weighted by Gasteiger charge is -2.55. The van der Waals surface area contributed by atoms with Crippen LogP contribution in [0.15, 0.2) is 4.99 Å². The molecule has 4 nitrogen and oxygen atoms in total. The predicted octanol–water partition coefficient (Wildman–Crippen LogP) is 6.53. The van der Waals surface area contributed by atoms with Gasteiger partial charge in [-0.25, -0.2) is 0 Å². The number of carbonyl (C=O) groups excluding carboxylic acids is 1. The number of fused-ring (bicyclic) bond motifs is 4. The molecule has 6 aliphatic rings. The van der Waals surface area contributed by atoms with Gasteiger partial charge in [0.1, 0.15) is 5.78 Å². The largest absolute Gasteiger partial charge is 0.377 e. The van der Waals surface area contributed by atoms with Crippen molar-refractivity contribution in [2.24, 2.45) is 56.7 Å². The Hall–Kier alpha value is -0.390. The molecular weight excluding hydrogens is 452 g/mol. The summed E-state index contributed by atoms with van der Waals surface area (Å²) in [7, 11) is 4.04. The first-order valence-electron chi connectivity index (χ1n) is 14.5. The van der Waals surface area contributed by atoms with Crippen molar-refractivity contribution in [3.63, 3.8) is 0 Å². The van der Waals surface area contributed by atoms with Crippen LogP contribution >= 0.6 is 11.9 Å². The molecule has 0 N–H and O–H groups in total. The van der Waals surface area contributed by atoms with Crippen molar-refractivity contribution in [2.45, 2.75) is 98.1 Å². The molecule has 0 aromatic rings. The Labute approximate surface area is 218 Å². The number of aliphatic imine (C=N–C) groups is 1. The number of ketones is 1. The fraction of sp³-hybridized carbons (Fsp3) is 0.933. The lowest BCUT2D eigenvalue weighted by Crippen LogP contribution is -2.56. The summed E-state index contributed by atoms with van der Waals surface area (Å²) in [6, 6.07) is 0.539. The van der Waals surface area contributed by atoms with Crippen molar-refractivity contribution >= 4 is 23.4 Å². The minimum atomic E-state index is 0.00982. The van der Waals surface area contributed by atoms with Crippen LogP contribution in [0.4, 0.5) is 0 Å². The molecule has 2 spiro atoms. The van der Waals surface area contributed by atoms with E-state index in [4.69, 9.17) is 9.73 Å². The van der Waals surface area contributed by atoms with E-state index < -0.39 is 0 Å². The third kappa shape index (κ3) is 3.52. The Kier molecular flexibility index (Phi) is 6.83. The van der Waals surface area contributed by atoms with Gasteiger partial charge in [0.15, 0.2) is 0 Å². The van der Waals surface area contributed by atoms with Crippen molar-refractivity contribution < 1.29 is 9.53 Å². The highest BCUT2D eigenvalue weighted by Gasteiger charge is 2.83. The number of carbonyl (C=O) groups is 1. The van der Waals surface area contributed by atoms with Crippen molar-refractivity contribution in [3.05, 3.63) is 0 Å². The van der Waals surface area contributed by atoms with Crippen LogP contribution in [0, 0.1) is 51.8 Å². The van der Waals surface area contributed by atoms with Crippen molar-refractivity contribution in [1.29, 1.82) is 0 Å². The molecule has 5 heteroatoms. The van der Waals surface area contributed by atoms with Gasteiger partial charge in [-0.3, -0.25) is 14.1 Å². The second-order valence-electron chi connectivity index (χ2n) is 13.4. The van der Waals surface area contributed by atoms with Gasteiger partial charge >= 0.3 is 0 Å². The molecule has 2 heterocycles. The zero-order valence-corrected chi connectivity index (χ0v) is 24.4. The molecule has 11 atom stereocenters. The molecule has 4 aliphatic carbocycles. The smallest absolute Gasteiger partial charge is 0.140 e. The SMILES string of the molecule is CCC(C)C1=NC2CCC34CC35C(=O)CC3(C)C(CC)OCC3C5CCC4C2C1C.CSN(C)C. The Morgan fingerprint density at radius 1 is 1.17 bits per heavy atom. The summed E-state index contributed by atoms with van der Waals surface area (Å²) >= 11 is 1.71. The maximum atomic E-state index is 14.0. The highest BCUT2D eigenvalue weighted by atomic mass is 32.2. The number of ether oxygens (including phenoxy) is 1. The van der Waals surface area contributed by atoms with Gasteiger partial charge in [-0.15, -0.1) is 0 Å². The van der Waals surface area contributed by atoms with Gasteiger partial charge in [0.05, 0.1) is 18.8 Å². The van der Waals surface area contributed by atoms with Crippen LogP contribution < -0.4 is 0 Å². The second kappa shape index (κ2) is 9.12. The van der Waals surface area contributed by atoms with Crippen LogP contribution in [0.5, 0.6) is 0 Å².